The lowest BCUT2D eigenvalue weighted by molar-refractivity contribution is -0.118. The number of ketones is 1. The van der Waals surface area contributed by atoms with Gasteiger partial charge in [-0.05, 0) is 30.9 Å². The third-order valence-electron chi connectivity index (χ3n) is 3.36. The van der Waals surface area contributed by atoms with Crippen LogP contribution < -0.4 is 0 Å². The van der Waals surface area contributed by atoms with Gasteiger partial charge < -0.3 is 0 Å². The smallest absolute Gasteiger partial charge is 0.160 e. The van der Waals surface area contributed by atoms with Gasteiger partial charge >= 0.3 is 0 Å². The second kappa shape index (κ2) is 5.31. The molecule has 2 heteroatoms. The summed E-state index contributed by atoms with van der Waals surface area (Å²) < 4.78 is 0. The van der Waals surface area contributed by atoms with Gasteiger partial charge in [-0.3, -0.25) is 4.79 Å². The molecule has 0 N–H and O–H groups in total. The third kappa shape index (κ3) is 3.26. The average molecular weight is 260 g/mol. The lowest BCUT2D eigenvalue weighted by Crippen LogP contribution is -2.25. The van der Waals surface area contributed by atoms with Gasteiger partial charge in [-0.1, -0.05) is 37.6 Å². The molecule has 96 valence electrons. The molecular formula is C16H20OS. The van der Waals surface area contributed by atoms with E-state index in [0.717, 1.165) is 17.7 Å². The molecule has 0 saturated heterocycles. The summed E-state index contributed by atoms with van der Waals surface area (Å²) in [6.07, 6.45) is 1.73. The van der Waals surface area contributed by atoms with E-state index in [1.165, 1.54) is 10.5 Å². The summed E-state index contributed by atoms with van der Waals surface area (Å²) in [5, 5.41) is 0. The first-order valence-corrected chi connectivity index (χ1v) is 7.36. The van der Waals surface area contributed by atoms with E-state index >= 15 is 0 Å². The van der Waals surface area contributed by atoms with E-state index < -0.39 is 0 Å². The molecular weight excluding hydrogens is 240 g/mol. The molecule has 1 nitrogen and oxygen atoms in total. The van der Waals surface area contributed by atoms with Crippen LogP contribution in [0.5, 0.6) is 0 Å². The number of carbonyl (C=O) groups excluding carboxylic acids is 1. The zero-order valence-corrected chi connectivity index (χ0v) is 12.1. The predicted molar refractivity (Wildman–Crippen MR) is 77.9 cm³/mol. The SMILES string of the molecule is CC1=C(CSc2ccccc2)C(=O)CC(C)(C)C1. The zero-order valence-electron chi connectivity index (χ0n) is 11.3. The van der Waals surface area contributed by atoms with Gasteiger partial charge in [0.25, 0.3) is 0 Å². The van der Waals surface area contributed by atoms with Crippen LogP contribution in [-0.4, -0.2) is 11.5 Å². The first-order valence-electron chi connectivity index (χ1n) is 6.38. The van der Waals surface area contributed by atoms with E-state index in [4.69, 9.17) is 0 Å². The number of hydrogen-bond acceptors (Lipinski definition) is 2. The second-order valence-electron chi connectivity index (χ2n) is 5.80. The molecule has 1 aliphatic rings. The van der Waals surface area contributed by atoms with Crippen LogP contribution in [-0.2, 0) is 4.79 Å². The number of allylic oxidation sites excluding steroid dienone is 1. The van der Waals surface area contributed by atoms with Gasteiger partial charge in [-0.2, -0.15) is 0 Å². The van der Waals surface area contributed by atoms with Gasteiger partial charge in [0.05, 0.1) is 0 Å². The number of benzene rings is 1. The van der Waals surface area contributed by atoms with Crippen LogP contribution in [0.15, 0.2) is 46.4 Å². The highest BCUT2D eigenvalue weighted by Crippen LogP contribution is 2.38. The van der Waals surface area contributed by atoms with Gasteiger partial charge in [-0.25, -0.2) is 0 Å². The topological polar surface area (TPSA) is 17.1 Å². The Morgan fingerprint density at radius 1 is 1.17 bits per heavy atom. The molecule has 0 bridgehead atoms. The second-order valence-corrected chi connectivity index (χ2v) is 6.85. The van der Waals surface area contributed by atoms with E-state index in [1.807, 2.05) is 18.2 Å². The summed E-state index contributed by atoms with van der Waals surface area (Å²) in [5.41, 5.74) is 2.46. The summed E-state index contributed by atoms with van der Waals surface area (Å²) in [6.45, 7) is 6.46. The Bertz CT molecular complexity index is 471. The Balaban J connectivity index is 2.07. The van der Waals surface area contributed by atoms with Crippen molar-refractivity contribution < 1.29 is 4.79 Å². The molecule has 1 aliphatic carbocycles. The lowest BCUT2D eigenvalue weighted by Gasteiger charge is -2.30. The van der Waals surface area contributed by atoms with E-state index in [2.05, 4.69) is 32.9 Å². The highest BCUT2D eigenvalue weighted by molar-refractivity contribution is 7.99. The molecule has 0 heterocycles. The van der Waals surface area contributed by atoms with Crippen LogP contribution in [0.3, 0.4) is 0 Å². The van der Waals surface area contributed by atoms with E-state index in [1.54, 1.807) is 11.8 Å². The van der Waals surface area contributed by atoms with Crippen molar-refractivity contribution >= 4 is 17.5 Å². The Kier molecular flexibility index (Phi) is 3.96. The van der Waals surface area contributed by atoms with Crippen molar-refractivity contribution in [2.45, 2.75) is 38.5 Å². The Labute approximate surface area is 114 Å². The molecule has 18 heavy (non-hydrogen) atoms. The maximum Gasteiger partial charge on any atom is 0.160 e. The molecule has 1 aromatic rings. The van der Waals surface area contributed by atoms with E-state index in [0.29, 0.717) is 12.2 Å². The van der Waals surface area contributed by atoms with Gasteiger partial charge in [0.2, 0.25) is 0 Å². The third-order valence-corrected chi connectivity index (χ3v) is 4.40. The van der Waals surface area contributed by atoms with Crippen LogP contribution in [0.25, 0.3) is 0 Å². The Morgan fingerprint density at radius 3 is 2.44 bits per heavy atom. The maximum atomic E-state index is 12.2. The summed E-state index contributed by atoms with van der Waals surface area (Å²) in [4.78, 5) is 13.4. The number of rotatable bonds is 3. The number of Topliss-reactive ketones (excluding diaryl/α,β-unsaturated/α-hetero) is 1. The minimum absolute atomic E-state index is 0.141. The predicted octanol–water partition coefficient (Wildman–Crippen LogP) is 4.48. The zero-order chi connectivity index (χ0) is 13.2. The Morgan fingerprint density at radius 2 is 1.83 bits per heavy atom. The highest BCUT2D eigenvalue weighted by Gasteiger charge is 2.30. The van der Waals surface area contributed by atoms with E-state index in [9.17, 15) is 4.79 Å². The van der Waals surface area contributed by atoms with Crippen molar-refractivity contribution in [2.75, 3.05) is 5.75 Å². The summed E-state index contributed by atoms with van der Waals surface area (Å²) in [5.74, 6) is 1.15. The molecule has 1 aromatic carbocycles. The average Bonchev–Trinajstić information content (AvgIpc) is 2.27. The van der Waals surface area contributed by atoms with Crippen molar-refractivity contribution in [1.29, 1.82) is 0 Å². The molecule has 0 saturated carbocycles. The summed E-state index contributed by atoms with van der Waals surface area (Å²) in [7, 11) is 0. The fourth-order valence-electron chi connectivity index (χ4n) is 2.54. The van der Waals surface area contributed by atoms with Crippen LogP contribution in [0, 0.1) is 5.41 Å². The van der Waals surface area contributed by atoms with Crippen molar-refractivity contribution in [2.24, 2.45) is 5.41 Å². The quantitative estimate of drug-likeness (QED) is 0.745. The molecule has 2 rings (SSSR count). The number of thioether (sulfide) groups is 1. The monoisotopic (exact) mass is 260 g/mol. The molecule has 0 aromatic heterocycles. The van der Waals surface area contributed by atoms with E-state index in [-0.39, 0.29) is 5.41 Å². The van der Waals surface area contributed by atoms with Crippen LogP contribution in [0.4, 0.5) is 0 Å². The summed E-state index contributed by atoms with van der Waals surface area (Å²) >= 11 is 1.76. The molecule has 0 fully saturated rings. The standard InChI is InChI=1S/C16H20OS/c1-12-9-16(2,3)10-15(17)14(12)11-18-13-7-5-4-6-8-13/h4-8H,9-11H2,1-3H3. The maximum absolute atomic E-state index is 12.2. The first-order chi connectivity index (χ1) is 8.48. The minimum Gasteiger partial charge on any atom is -0.295 e. The van der Waals surface area contributed by atoms with Gasteiger partial charge in [0.1, 0.15) is 0 Å². The van der Waals surface area contributed by atoms with Gasteiger partial charge in [-0.15, -0.1) is 11.8 Å². The normalized spacial score (nSPS) is 19.2. The summed E-state index contributed by atoms with van der Waals surface area (Å²) in [6, 6.07) is 10.3. The molecule has 0 aliphatic heterocycles. The van der Waals surface area contributed by atoms with Gasteiger partial charge in [0.15, 0.2) is 5.78 Å². The fraction of sp³-hybridized carbons (Fsp3) is 0.438. The highest BCUT2D eigenvalue weighted by atomic mass is 32.2. The first kappa shape index (κ1) is 13.4. The molecule has 0 unspecified atom stereocenters. The van der Waals surface area contributed by atoms with Crippen LogP contribution in [0.2, 0.25) is 0 Å². The number of carbonyl (C=O) groups is 1. The largest absolute Gasteiger partial charge is 0.295 e. The molecule has 0 amide bonds. The van der Waals surface area contributed by atoms with Gasteiger partial charge in [0, 0.05) is 22.6 Å². The lowest BCUT2D eigenvalue weighted by atomic mass is 9.74. The molecule has 0 atom stereocenters. The van der Waals surface area contributed by atoms with Crippen molar-refractivity contribution in [3.63, 3.8) is 0 Å². The molecule has 0 spiro atoms. The molecule has 0 radical (unpaired) electrons. The van der Waals surface area contributed by atoms with Crippen LogP contribution >= 0.6 is 11.8 Å². The van der Waals surface area contributed by atoms with Crippen LogP contribution in [0.1, 0.15) is 33.6 Å². The fourth-order valence-corrected chi connectivity index (χ4v) is 3.61. The minimum atomic E-state index is 0.141. The number of hydrogen-bond donors (Lipinski definition) is 0. The van der Waals surface area contributed by atoms with Crippen molar-refractivity contribution in [1.82, 2.24) is 0 Å². The van der Waals surface area contributed by atoms with Crippen molar-refractivity contribution in [3.05, 3.63) is 41.5 Å². The van der Waals surface area contributed by atoms with Crippen molar-refractivity contribution in [3.8, 4) is 0 Å². The Hall–Kier alpha value is -1.02.